The Morgan fingerprint density at radius 3 is 1.31 bits per heavy atom. The van der Waals surface area contributed by atoms with E-state index in [9.17, 15) is 0 Å². The van der Waals surface area contributed by atoms with Gasteiger partial charge in [-0.2, -0.15) is 5.10 Å². The van der Waals surface area contributed by atoms with E-state index in [0.717, 1.165) is 125 Å². The zero-order chi connectivity index (χ0) is 77.6. The fraction of sp³-hybridized carbons (Fsp3) is 0.0851. The number of nitrogens with zero attached hydrogens (tertiary/aromatic N) is 15. The van der Waals surface area contributed by atoms with E-state index in [-0.39, 0.29) is 0 Å². The Labute approximate surface area is 652 Å². The second-order valence-electron chi connectivity index (χ2n) is 25.4. The van der Waals surface area contributed by atoms with Crippen molar-refractivity contribution in [1.29, 1.82) is 0 Å². The van der Waals surface area contributed by atoms with Crippen LogP contribution in [0.1, 0.15) is 46.3 Å². The zero-order valence-electron chi connectivity index (χ0n) is 63.7. The minimum Gasteiger partial charge on any atom is -0.449 e. The molecular weight excluding hydrogens is 1390 g/mol. The number of aromatic nitrogens is 15. The lowest BCUT2D eigenvalue weighted by Gasteiger charge is -2.10. The van der Waals surface area contributed by atoms with Gasteiger partial charge in [0.2, 0.25) is 11.8 Å². The largest absolute Gasteiger partial charge is 0.449 e. The summed E-state index contributed by atoms with van der Waals surface area (Å²) >= 11 is 0. The summed E-state index contributed by atoms with van der Waals surface area (Å²) in [7, 11) is 0. The highest BCUT2D eigenvalue weighted by Gasteiger charge is 2.14. The van der Waals surface area contributed by atoms with Gasteiger partial charge in [-0.25, -0.2) is 29.6 Å². The van der Waals surface area contributed by atoms with Crippen LogP contribution in [0.25, 0.3) is 96.4 Å². The molecule has 0 fully saturated rings. The van der Waals surface area contributed by atoms with Gasteiger partial charge in [-0.15, -0.1) is 20.4 Å². The highest BCUT2D eigenvalue weighted by Crippen LogP contribution is 2.27. The third kappa shape index (κ3) is 21.1. The molecule has 0 N–H and O–H groups in total. The maximum atomic E-state index is 5.26. The topological polar surface area (TPSA) is 193 Å². The summed E-state index contributed by atoms with van der Waals surface area (Å²) in [6, 6.07) is 110. The van der Waals surface area contributed by atoms with Crippen molar-refractivity contribution in [3.63, 3.8) is 0 Å². The van der Waals surface area contributed by atoms with Gasteiger partial charge in [-0.1, -0.05) is 236 Å². The van der Waals surface area contributed by atoms with Crippen molar-refractivity contribution in [1.82, 2.24) is 73.4 Å². The fourth-order valence-electron chi connectivity index (χ4n) is 11.8. The minimum absolute atomic E-state index is 0.577. The second kappa shape index (κ2) is 39.2. The monoisotopic (exact) mass is 1470 g/mol. The number of oxazole rings is 2. The molecule has 0 saturated carbocycles. The highest BCUT2D eigenvalue weighted by molar-refractivity contribution is 5.72. The summed E-state index contributed by atoms with van der Waals surface area (Å²) in [5, 5.41) is 20.8. The number of benzene rings is 11. The van der Waals surface area contributed by atoms with Gasteiger partial charge < -0.3 is 17.8 Å². The highest BCUT2D eigenvalue weighted by atomic mass is 16.4. The Morgan fingerprint density at radius 2 is 0.795 bits per heavy atom. The Hall–Kier alpha value is -14.8. The van der Waals surface area contributed by atoms with E-state index in [1.165, 1.54) is 5.56 Å². The van der Waals surface area contributed by atoms with E-state index in [2.05, 4.69) is 205 Å². The molecule has 19 rings (SSSR count). The lowest BCUT2D eigenvalue weighted by Crippen LogP contribution is -1.99. The number of imidazole rings is 3. The van der Waals surface area contributed by atoms with Crippen LogP contribution in [0.5, 0.6) is 0 Å². The van der Waals surface area contributed by atoms with E-state index in [0.29, 0.717) is 11.8 Å². The van der Waals surface area contributed by atoms with E-state index in [1.54, 1.807) is 26.3 Å². The molecule has 0 amide bonds. The van der Waals surface area contributed by atoms with Crippen LogP contribution in [0.2, 0.25) is 0 Å². The average Bonchev–Trinajstić information content (AvgIpc) is 1.65. The molecule has 8 heterocycles. The number of rotatable bonds is 10. The van der Waals surface area contributed by atoms with Gasteiger partial charge in [-0.3, -0.25) is 13.7 Å². The summed E-state index contributed by atoms with van der Waals surface area (Å²) in [4.78, 5) is 21.0. The SMILES string of the molecule is Cc1cc(-c2ccccc2)nn1-c1ccccc1.Cc1cccc(-c2nccn2-c2ccccc2)c1.Cc1cnc(-c2ccccc2)n1-c1ccccc1.Cc1nc2ccccc2o1.Cc1nccn1-c1ccccc1.Cc1ncco1.Cc1nnc(-c2ccccc2)n1-c1ccccc1.Cc1nnc(-c2ccccc2)o1. The molecular formula is C94H85N15O3. The number of fused-ring (bicyclic) bond motifs is 1. The quantitative estimate of drug-likeness (QED) is 0.126. The predicted octanol–water partition coefficient (Wildman–Crippen LogP) is 22.1. The lowest BCUT2D eigenvalue weighted by atomic mass is 10.1. The van der Waals surface area contributed by atoms with Crippen molar-refractivity contribution in [2.24, 2.45) is 0 Å². The first-order valence-corrected chi connectivity index (χ1v) is 36.5. The van der Waals surface area contributed by atoms with Crippen molar-refractivity contribution in [2.75, 3.05) is 0 Å². The molecule has 0 aliphatic rings. The maximum Gasteiger partial charge on any atom is 0.247 e. The molecule has 0 aliphatic carbocycles. The van der Waals surface area contributed by atoms with Gasteiger partial charge in [0.1, 0.15) is 35.1 Å². The summed E-state index contributed by atoms with van der Waals surface area (Å²) < 4.78 is 25.6. The number of hydrogen-bond acceptors (Lipinski definition) is 13. The van der Waals surface area contributed by atoms with Gasteiger partial charge in [0.15, 0.2) is 23.2 Å². The molecule has 11 aromatic carbocycles. The molecule has 8 aromatic heterocycles. The van der Waals surface area contributed by atoms with Crippen LogP contribution in [0.15, 0.2) is 384 Å². The summed E-state index contributed by atoms with van der Waals surface area (Å²) in [6.45, 7) is 15.6. The minimum atomic E-state index is 0.577. The van der Waals surface area contributed by atoms with Gasteiger partial charge in [0.05, 0.1) is 17.6 Å². The molecule has 19 aromatic rings. The Balaban J connectivity index is 0.000000121. The van der Waals surface area contributed by atoms with Crippen LogP contribution in [0.3, 0.4) is 0 Å². The van der Waals surface area contributed by atoms with Crippen LogP contribution in [0.4, 0.5) is 0 Å². The average molecular weight is 1470 g/mol. The standard InChI is InChI=1S/3C16H14N2.C15H13N3.C10H10N2.C9H8N2O.C8H7NO.C4H5NO/c1-13-12-17-16(14-8-4-2-5-9-14)18(13)15-10-6-3-7-11-15;1-13-12-16(14-8-4-2-5-9-14)17-18(13)15-10-6-3-7-11-15;1-13-6-5-7-14(12-13)16-17-10-11-18(16)15-8-3-2-4-9-15;1-12-16-17-15(13-8-4-2-5-9-13)18(12)14-10-6-3-7-11-14;1-9-11-7-8-12(9)10-5-3-2-4-6-10;1-7-10-11-9(12-7)8-5-3-2-4-6-8;1-6-9-7-4-2-3-5-8(7)10-6;1-4-5-2-3-6-4/h3*2-12H,1H3;2-11H,1H3;2-8H,1H3;2-6H,1H3;2-5H,1H3;2-3H,1H3. The predicted molar refractivity (Wildman–Crippen MR) is 446 cm³/mol. The van der Waals surface area contributed by atoms with Crippen LogP contribution >= 0.6 is 0 Å². The first kappa shape index (κ1) is 76.9. The smallest absolute Gasteiger partial charge is 0.247 e. The molecule has 0 aliphatic heterocycles. The normalized spacial score (nSPS) is 10.3. The van der Waals surface area contributed by atoms with E-state index in [1.807, 2.05) is 269 Å². The van der Waals surface area contributed by atoms with Gasteiger partial charge in [0.25, 0.3) is 0 Å². The van der Waals surface area contributed by atoms with Crippen molar-refractivity contribution in [3.05, 3.63) is 417 Å². The first-order chi connectivity index (χ1) is 54.9. The second-order valence-corrected chi connectivity index (χ2v) is 25.4. The van der Waals surface area contributed by atoms with Gasteiger partial charge in [0, 0.05) is 114 Å². The number of para-hydroxylation sites is 7. The fourth-order valence-corrected chi connectivity index (χ4v) is 11.8. The molecule has 0 spiro atoms. The summed E-state index contributed by atoms with van der Waals surface area (Å²) in [5.74, 6) is 7.35. The van der Waals surface area contributed by atoms with E-state index >= 15 is 0 Å². The lowest BCUT2D eigenvalue weighted by molar-refractivity contribution is 0.521. The molecule has 112 heavy (non-hydrogen) atoms. The maximum absolute atomic E-state index is 5.26. The van der Waals surface area contributed by atoms with Crippen LogP contribution in [-0.2, 0) is 0 Å². The Morgan fingerprint density at radius 1 is 0.304 bits per heavy atom. The first-order valence-electron chi connectivity index (χ1n) is 36.5. The van der Waals surface area contributed by atoms with Crippen molar-refractivity contribution in [3.8, 4) is 85.3 Å². The molecule has 0 atom stereocenters. The molecule has 554 valence electrons. The molecule has 18 heteroatoms. The van der Waals surface area contributed by atoms with Crippen LogP contribution < -0.4 is 0 Å². The van der Waals surface area contributed by atoms with Crippen molar-refractivity contribution < 1.29 is 13.3 Å². The van der Waals surface area contributed by atoms with Gasteiger partial charge >= 0.3 is 0 Å². The van der Waals surface area contributed by atoms with Crippen molar-refractivity contribution >= 4 is 11.1 Å². The summed E-state index contributed by atoms with van der Waals surface area (Å²) in [6.07, 6.45) is 12.7. The Kier molecular flexibility index (Phi) is 26.9. The number of aryl methyl sites for hydroxylation is 8. The summed E-state index contributed by atoms with van der Waals surface area (Å²) in [5.41, 5.74) is 17.4. The van der Waals surface area contributed by atoms with Gasteiger partial charge in [-0.05, 0) is 132 Å². The third-order valence-electron chi connectivity index (χ3n) is 17.1. The van der Waals surface area contributed by atoms with Crippen molar-refractivity contribution in [2.45, 2.75) is 55.4 Å². The molecule has 0 bridgehead atoms. The molecule has 0 unspecified atom stereocenters. The van der Waals surface area contributed by atoms with E-state index < -0.39 is 0 Å². The molecule has 18 nitrogen and oxygen atoms in total. The van der Waals surface area contributed by atoms with E-state index in [4.69, 9.17) is 13.3 Å². The Bertz CT molecular complexity index is 5750. The molecule has 0 saturated heterocycles. The third-order valence-corrected chi connectivity index (χ3v) is 17.1. The zero-order valence-corrected chi connectivity index (χ0v) is 63.7. The van der Waals surface area contributed by atoms with Crippen LogP contribution in [-0.4, -0.2) is 73.4 Å². The van der Waals surface area contributed by atoms with Crippen LogP contribution in [0, 0.1) is 55.4 Å². The molecule has 0 radical (unpaired) electrons. The number of hydrogen-bond donors (Lipinski definition) is 0.